The molecule has 2 saturated heterocycles. The number of hydrogen-bond donors (Lipinski definition) is 0. The Kier molecular flexibility index (Phi) is 4.96. The molecule has 2 heterocycles. The Morgan fingerprint density at radius 2 is 1.63 bits per heavy atom. The molecule has 0 unspecified atom stereocenters. The van der Waals surface area contributed by atoms with E-state index in [0.29, 0.717) is 31.1 Å². The molecule has 0 aromatic heterocycles. The fourth-order valence-corrected chi connectivity index (χ4v) is 8.00. The van der Waals surface area contributed by atoms with Gasteiger partial charge in [0.05, 0.1) is 12.8 Å². The van der Waals surface area contributed by atoms with Crippen molar-refractivity contribution in [2.24, 2.45) is 16.7 Å². The zero-order chi connectivity index (χ0) is 24.4. The second-order valence-corrected chi connectivity index (χ2v) is 11.3. The molecule has 4 aliphatic rings. The van der Waals surface area contributed by atoms with E-state index in [2.05, 4.69) is 24.8 Å². The topological polar surface area (TPSA) is 53.1 Å². The van der Waals surface area contributed by atoms with Gasteiger partial charge in [-0.1, -0.05) is 44.2 Å². The van der Waals surface area contributed by atoms with E-state index in [1.807, 2.05) is 58.3 Å². The smallest absolute Gasteiger partial charge is 0.254 e. The minimum atomic E-state index is -0.746. The molecule has 35 heavy (non-hydrogen) atoms. The molecule has 2 amide bonds. The van der Waals surface area contributed by atoms with Gasteiger partial charge in [-0.25, -0.2) is 0 Å². The van der Waals surface area contributed by atoms with Gasteiger partial charge in [-0.15, -0.1) is 0 Å². The molecular formula is C29H35N3O3. The van der Waals surface area contributed by atoms with E-state index < -0.39 is 5.54 Å². The van der Waals surface area contributed by atoms with Crippen molar-refractivity contribution in [1.29, 1.82) is 0 Å². The Hall–Kier alpha value is -3.02. The largest absolute Gasteiger partial charge is 0.495 e. The molecule has 2 aromatic carbocycles. The summed E-state index contributed by atoms with van der Waals surface area (Å²) in [6.45, 7) is 8.12. The van der Waals surface area contributed by atoms with Crippen molar-refractivity contribution in [2.45, 2.75) is 38.6 Å². The van der Waals surface area contributed by atoms with Crippen molar-refractivity contribution in [1.82, 2.24) is 9.80 Å². The Labute approximate surface area is 207 Å². The van der Waals surface area contributed by atoms with E-state index in [1.54, 1.807) is 7.11 Å². The SMILES string of the molecule is COc1ccccc1N1CCN(C(=O)[C@@]23C[C@H]4CC[C@@]2(C)[C@@]4(C)CN3C(=O)c2ccccc2)CC1. The third kappa shape index (κ3) is 2.82. The molecule has 2 aromatic rings. The van der Waals surface area contributed by atoms with Crippen LogP contribution in [0.15, 0.2) is 54.6 Å². The molecule has 4 bridgehead atoms. The number of benzene rings is 2. The van der Waals surface area contributed by atoms with Gasteiger partial charge in [0.2, 0.25) is 5.91 Å². The Morgan fingerprint density at radius 3 is 2.31 bits per heavy atom. The van der Waals surface area contributed by atoms with Crippen LogP contribution < -0.4 is 9.64 Å². The molecule has 0 radical (unpaired) electrons. The molecule has 6 nitrogen and oxygen atoms in total. The highest BCUT2D eigenvalue weighted by Gasteiger charge is 2.81. The van der Waals surface area contributed by atoms with Crippen LogP contribution in [0.3, 0.4) is 0 Å². The maximum absolute atomic E-state index is 14.5. The third-order valence-electron chi connectivity index (χ3n) is 10.2. The number of carbonyl (C=O) groups excluding carboxylic acids is 2. The molecule has 6 heteroatoms. The van der Waals surface area contributed by atoms with Gasteiger partial charge in [0.1, 0.15) is 11.3 Å². The zero-order valence-electron chi connectivity index (χ0n) is 21.0. The number of para-hydroxylation sites is 2. The lowest BCUT2D eigenvalue weighted by Gasteiger charge is -2.50. The van der Waals surface area contributed by atoms with Gasteiger partial charge in [0.25, 0.3) is 5.91 Å². The number of anilines is 1. The fourth-order valence-electron chi connectivity index (χ4n) is 8.00. The van der Waals surface area contributed by atoms with E-state index in [4.69, 9.17) is 4.74 Å². The lowest BCUT2D eigenvalue weighted by Crippen LogP contribution is -2.66. The van der Waals surface area contributed by atoms with Crippen LogP contribution in [-0.4, -0.2) is 67.0 Å². The van der Waals surface area contributed by atoms with Crippen molar-refractivity contribution in [3.63, 3.8) is 0 Å². The average molecular weight is 474 g/mol. The van der Waals surface area contributed by atoms with Crippen molar-refractivity contribution < 1.29 is 14.3 Å². The van der Waals surface area contributed by atoms with E-state index in [0.717, 1.165) is 43.8 Å². The minimum Gasteiger partial charge on any atom is -0.495 e. The summed E-state index contributed by atoms with van der Waals surface area (Å²) in [6, 6.07) is 17.6. The number of carbonyl (C=O) groups is 2. The second kappa shape index (κ2) is 7.74. The summed E-state index contributed by atoms with van der Waals surface area (Å²) in [7, 11) is 1.70. The summed E-state index contributed by atoms with van der Waals surface area (Å²) < 4.78 is 5.57. The predicted octanol–water partition coefficient (Wildman–Crippen LogP) is 4.06. The molecule has 184 valence electrons. The third-order valence-corrected chi connectivity index (χ3v) is 10.2. The molecule has 0 spiro atoms. The zero-order valence-corrected chi connectivity index (χ0v) is 21.0. The van der Waals surface area contributed by atoms with Gasteiger partial charge in [-0.3, -0.25) is 9.59 Å². The second-order valence-electron chi connectivity index (χ2n) is 11.3. The Morgan fingerprint density at radius 1 is 0.943 bits per heavy atom. The summed E-state index contributed by atoms with van der Waals surface area (Å²) in [5.74, 6) is 1.53. The fraction of sp³-hybridized carbons (Fsp3) is 0.517. The highest BCUT2D eigenvalue weighted by atomic mass is 16.5. The quantitative estimate of drug-likeness (QED) is 0.672. The van der Waals surface area contributed by atoms with Crippen LogP contribution >= 0.6 is 0 Å². The molecule has 2 aliphatic carbocycles. The van der Waals surface area contributed by atoms with Crippen molar-refractivity contribution >= 4 is 17.5 Å². The first-order valence-electron chi connectivity index (χ1n) is 12.9. The van der Waals surface area contributed by atoms with Gasteiger partial charge in [-0.2, -0.15) is 0 Å². The molecule has 4 atom stereocenters. The van der Waals surface area contributed by atoms with E-state index in [9.17, 15) is 9.59 Å². The average Bonchev–Trinajstić information content (AvgIpc) is 3.36. The van der Waals surface area contributed by atoms with Crippen molar-refractivity contribution in [2.75, 3.05) is 44.7 Å². The van der Waals surface area contributed by atoms with Crippen LogP contribution in [0.5, 0.6) is 5.75 Å². The molecule has 4 fully saturated rings. The van der Waals surface area contributed by atoms with Crippen molar-refractivity contribution in [3.05, 3.63) is 60.2 Å². The normalized spacial score (nSPS) is 33.3. The lowest BCUT2D eigenvalue weighted by atomic mass is 9.65. The molecule has 6 rings (SSSR count). The monoisotopic (exact) mass is 473 g/mol. The first kappa shape index (κ1) is 22.4. The maximum atomic E-state index is 14.5. The number of piperidine rings is 1. The first-order chi connectivity index (χ1) is 16.9. The standard InChI is InChI=1S/C29H35N3O3/c1-27-20-32(25(33)21-9-5-4-6-10-21)29(19-22(27)13-14-28(27,29)2)26(34)31-17-15-30(16-18-31)23-11-7-8-12-24(23)35-3/h4-12,22H,13-20H2,1-3H3/t22-,27+,28+,29+/m1/s1. The highest BCUT2D eigenvalue weighted by Crippen LogP contribution is 2.76. The van der Waals surface area contributed by atoms with Crippen LogP contribution in [0.25, 0.3) is 0 Å². The minimum absolute atomic E-state index is 0.00177. The van der Waals surface area contributed by atoms with Crippen LogP contribution in [0.4, 0.5) is 5.69 Å². The van der Waals surface area contributed by atoms with Gasteiger partial charge < -0.3 is 19.4 Å². The van der Waals surface area contributed by atoms with Gasteiger partial charge in [-0.05, 0) is 54.9 Å². The number of methoxy groups -OCH3 is 1. The Balaban J connectivity index is 1.30. The van der Waals surface area contributed by atoms with E-state index in [1.165, 1.54) is 0 Å². The maximum Gasteiger partial charge on any atom is 0.254 e. The summed E-state index contributed by atoms with van der Waals surface area (Å²) in [4.78, 5) is 34.7. The molecule has 0 N–H and O–H groups in total. The number of hydrogen-bond acceptors (Lipinski definition) is 4. The van der Waals surface area contributed by atoms with Gasteiger partial charge >= 0.3 is 0 Å². The lowest BCUT2D eigenvalue weighted by molar-refractivity contribution is -0.148. The number of rotatable bonds is 4. The van der Waals surface area contributed by atoms with Crippen molar-refractivity contribution in [3.8, 4) is 5.75 Å². The van der Waals surface area contributed by atoms with E-state index >= 15 is 0 Å². The summed E-state index contributed by atoms with van der Waals surface area (Å²) >= 11 is 0. The predicted molar refractivity (Wildman–Crippen MR) is 136 cm³/mol. The number of piperazine rings is 1. The van der Waals surface area contributed by atoms with Crippen LogP contribution in [0.1, 0.15) is 43.5 Å². The summed E-state index contributed by atoms with van der Waals surface area (Å²) in [5.41, 5.74) is 0.806. The van der Waals surface area contributed by atoms with Crippen LogP contribution in [0.2, 0.25) is 0 Å². The summed E-state index contributed by atoms with van der Waals surface area (Å²) in [5, 5.41) is 0. The van der Waals surface area contributed by atoms with E-state index in [-0.39, 0.29) is 22.6 Å². The first-order valence-corrected chi connectivity index (χ1v) is 12.9. The Bertz CT molecular complexity index is 1160. The molecule has 2 aliphatic heterocycles. The number of ether oxygens (including phenoxy) is 1. The molecule has 2 saturated carbocycles. The summed E-state index contributed by atoms with van der Waals surface area (Å²) in [6.07, 6.45) is 2.97. The van der Waals surface area contributed by atoms with Crippen LogP contribution in [-0.2, 0) is 4.79 Å². The van der Waals surface area contributed by atoms with Gasteiger partial charge in [0, 0.05) is 43.7 Å². The number of likely N-dealkylation sites (tertiary alicyclic amines) is 1. The highest BCUT2D eigenvalue weighted by molar-refractivity contribution is 6.01. The number of nitrogens with zero attached hydrogens (tertiary/aromatic N) is 3. The number of amides is 2. The molecular weight excluding hydrogens is 438 g/mol. The van der Waals surface area contributed by atoms with Gasteiger partial charge in [0.15, 0.2) is 0 Å². The van der Waals surface area contributed by atoms with Crippen LogP contribution in [0, 0.1) is 16.7 Å².